The van der Waals surface area contributed by atoms with Crippen LogP contribution in [0.3, 0.4) is 0 Å². The van der Waals surface area contributed by atoms with E-state index in [1.54, 1.807) is 18.0 Å². The monoisotopic (exact) mass is 191 g/mol. The minimum absolute atomic E-state index is 0.0497. The number of hydrogen-bond acceptors (Lipinski definition) is 3. The van der Waals surface area contributed by atoms with Crippen molar-refractivity contribution in [1.29, 1.82) is 0 Å². The van der Waals surface area contributed by atoms with Gasteiger partial charge in [-0.25, -0.2) is 4.98 Å². The summed E-state index contributed by atoms with van der Waals surface area (Å²) in [6.45, 7) is 3.21. The van der Waals surface area contributed by atoms with Gasteiger partial charge in [0.05, 0.1) is 5.69 Å². The van der Waals surface area contributed by atoms with E-state index in [1.165, 1.54) is 0 Å². The normalized spacial score (nSPS) is 15.4. The van der Waals surface area contributed by atoms with E-state index in [0.29, 0.717) is 0 Å². The molecule has 1 aromatic heterocycles. The summed E-state index contributed by atoms with van der Waals surface area (Å²) in [5, 5.41) is 3.25. The van der Waals surface area contributed by atoms with Crippen molar-refractivity contribution in [2.24, 2.45) is 0 Å². The van der Waals surface area contributed by atoms with Crippen LogP contribution in [-0.4, -0.2) is 24.0 Å². The third-order valence-electron chi connectivity index (χ3n) is 2.30. The van der Waals surface area contributed by atoms with Gasteiger partial charge in [0.2, 0.25) is 5.91 Å². The summed E-state index contributed by atoms with van der Waals surface area (Å²) < 4.78 is 0. The number of amides is 1. The highest BCUT2D eigenvalue weighted by Crippen LogP contribution is 2.24. The van der Waals surface area contributed by atoms with Crippen molar-refractivity contribution in [2.75, 3.05) is 23.3 Å². The van der Waals surface area contributed by atoms with E-state index in [0.717, 1.165) is 31.0 Å². The van der Waals surface area contributed by atoms with Gasteiger partial charge in [-0.3, -0.25) is 9.69 Å². The summed E-state index contributed by atoms with van der Waals surface area (Å²) >= 11 is 0. The van der Waals surface area contributed by atoms with Crippen molar-refractivity contribution in [3.8, 4) is 0 Å². The average molecular weight is 191 g/mol. The Hall–Kier alpha value is -1.58. The molecule has 0 aliphatic carbocycles. The predicted octanol–water partition coefficient (Wildman–Crippen LogP) is 1.25. The molecule has 4 nitrogen and oxygen atoms in total. The van der Waals surface area contributed by atoms with E-state index in [2.05, 4.69) is 10.3 Å². The Balaban J connectivity index is 2.42. The highest BCUT2D eigenvalue weighted by molar-refractivity contribution is 5.93. The van der Waals surface area contributed by atoms with Gasteiger partial charge >= 0.3 is 0 Å². The van der Waals surface area contributed by atoms with Crippen molar-refractivity contribution < 1.29 is 4.79 Å². The molecule has 1 aliphatic heterocycles. The molecule has 0 saturated heterocycles. The fraction of sp³-hybridized carbons (Fsp3) is 0.400. The lowest BCUT2D eigenvalue weighted by molar-refractivity contribution is -0.116. The van der Waals surface area contributed by atoms with E-state index in [-0.39, 0.29) is 5.91 Å². The van der Waals surface area contributed by atoms with Gasteiger partial charge in [-0.05, 0) is 18.6 Å². The molecule has 74 valence electrons. The van der Waals surface area contributed by atoms with E-state index < -0.39 is 0 Å². The van der Waals surface area contributed by atoms with E-state index in [1.807, 2.05) is 12.1 Å². The summed E-state index contributed by atoms with van der Waals surface area (Å²) in [6.07, 6.45) is 2.66. The standard InChI is InChI=1S/C10H13N3O/c1-8(14)13-7-3-6-11-9-4-2-5-12-10(9)13/h2,4-5,11H,3,6-7H2,1H3. The zero-order valence-corrected chi connectivity index (χ0v) is 8.16. The quantitative estimate of drug-likeness (QED) is 0.671. The molecule has 0 aromatic carbocycles. The topological polar surface area (TPSA) is 45.2 Å². The number of rotatable bonds is 0. The number of carbonyl (C=O) groups excluding carboxylic acids is 1. The van der Waals surface area contributed by atoms with Gasteiger partial charge in [0.1, 0.15) is 0 Å². The summed E-state index contributed by atoms with van der Waals surface area (Å²) in [6, 6.07) is 3.82. The molecule has 0 bridgehead atoms. The molecule has 1 N–H and O–H groups in total. The fourth-order valence-corrected chi connectivity index (χ4v) is 1.62. The number of pyridine rings is 1. The minimum Gasteiger partial charge on any atom is -0.382 e. The molecule has 1 aromatic rings. The lowest BCUT2D eigenvalue weighted by Gasteiger charge is -2.18. The zero-order chi connectivity index (χ0) is 9.97. The van der Waals surface area contributed by atoms with Gasteiger partial charge in [-0.15, -0.1) is 0 Å². The molecule has 1 amide bonds. The average Bonchev–Trinajstić information content (AvgIpc) is 2.39. The van der Waals surface area contributed by atoms with Crippen LogP contribution in [0.25, 0.3) is 0 Å². The maximum absolute atomic E-state index is 11.4. The summed E-state index contributed by atoms with van der Waals surface area (Å²) in [5.74, 6) is 0.797. The molecule has 0 fully saturated rings. The molecule has 2 heterocycles. The Morgan fingerprint density at radius 2 is 2.50 bits per heavy atom. The van der Waals surface area contributed by atoms with Crippen LogP contribution in [0.1, 0.15) is 13.3 Å². The number of carbonyl (C=O) groups is 1. The SMILES string of the molecule is CC(=O)N1CCCNc2cccnc21. The van der Waals surface area contributed by atoms with Crippen LogP contribution in [0.15, 0.2) is 18.3 Å². The van der Waals surface area contributed by atoms with Crippen molar-refractivity contribution in [1.82, 2.24) is 4.98 Å². The maximum Gasteiger partial charge on any atom is 0.225 e. The lowest BCUT2D eigenvalue weighted by Crippen LogP contribution is -2.29. The molecular weight excluding hydrogens is 178 g/mol. The lowest BCUT2D eigenvalue weighted by atomic mass is 10.3. The Morgan fingerprint density at radius 1 is 1.64 bits per heavy atom. The molecule has 1 aliphatic rings. The Labute approximate surface area is 82.9 Å². The van der Waals surface area contributed by atoms with Gasteiger partial charge in [0.15, 0.2) is 5.82 Å². The van der Waals surface area contributed by atoms with Gasteiger partial charge in [0.25, 0.3) is 0 Å². The Morgan fingerprint density at radius 3 is 3.29 bits per heavy atom. The highest BCUT2D eigenvalue weighted by Gasteiger charge is 2.18. The predicted molar refractivity (Wildman–Crippen MR) is 55.4 cm³/mol. The molecule has 0 saturated carbocycles. The largest absolute Gasteiger partial charge is 0.382 e. The van der Waals surface area contributed by atoms with Crippen LogP contribution in [0, 0.1) is 0 Å². The molecule has 14 heavy (non-hydrogen) atoms. The van der Waals surface area contributed by atoms with Crippen molar-refractivity contribution >= 4 is 17.4 Å². The number of aromatic nitrogens is 1. The van der Waals surface area contributed by atoms with Gasteiger partial charge in [-0.2, -0.15) is 0 Å². The van der Waals surface area contributed by atoms with E-state index in [4.69, 9.17) is 0 Å². The first kappa shape index (κ1) is 8.99. The first-order valence-corrected chi connectivity index (χ1v) is 4.76. The van der Waals surface area contributed by atoms with Gasteiger partial charge in [-0.1, -0.05) is 0 Å². The van der Waals surface area contributed by atoms with E-state index in [9.17, 15) is 4.79 Å². The molecule has 0 radical (unpaired) electrons. The van der Waals surface area contributed by atoms with Crippen molar-refractivity contribution in [3.05, 3.63) is 18.3 Å². The minimum atomic E-state index is 0.0497. The molecule has 0 spiro atoms. The van der Waals surface area contributed by atoms with Crippen LogP contribution in [0.5, 0.6) is 0 Å². The second-order valence-electron chi connectivity index (χ2n) is 3.33. The van der Waals surface area contributed by atoms with Crippen molar-refractivity contribution in [2.45, 2.75) is 13.3 Å². The van der Waals surface area contributed by atoms with Crippen LogP contribution in [-0.2, 0) is 4.79 Å². The molecule has 0 atom stereocenters. The second-order valence-corrected chi connectivity index (χ2v) is 3.33. The number of fused-ring (bicyclic) bond motifs is 1. The summed E-state index contributed by atoms with van der Waals surface area (Å²) in [5.41, 5.74) is 0.945. The van der Waals surface area contributed by atoms with Crippen molar-refractivity contribution in [3.63, 3.8) is 0 Å². The van der Waals surface area contributed by atoms with Gasteiger partial charge in [0, 0.05) is 26.2 Å². The van der Waals surface area contributed by atoms with Crippen LogP contribution < -0.4 is 10.2 Å². The summed E-state index contributed by atoms with van der Waals surface area (Å²) in [7, 11) is 0. The molecule has 4 heteroatoms. The van der Waals surface area contributed by atoms with Crippen LogP contribution in [0.2, 0.25) is 0 Å². The smallest absolute Gasteiger partial charge is 0.225 e. The van der Waals surface area contributed by atoms with Gasteiger partial charge < -0.3 is 5.32 Å². The first-order chi connectivity index (χ1) is 6.79. The Bertz CT molecular complexity index is 351. The molecular formula is C10H13N3O. The molecule has 0 unspecified atom stereocenters. The number of hydrogen-bond donors (Lipinski definition) is 1. The number of nitrogens with one attached hydrogen (secondary N) is 1. The fourth-order valence-electron chi connectivity index (χ4n) is 1.62. The van der Waals surface area contributed by atoms with Crippen LogP contribution >= 0.6 is 0 Å². The number of nitrogens with zero attached hydrogens (tertiary/aromatic N) is 2. The third-order valence-corrected chi connectivity index (χ3v) is 2.30. The summed E-state index contributed by atoms with van der Waals surface area (Å²) in [4.78, 5) is 17.3. The Kier molecular flexibility index (Phi) is 2.35. The zero-order valence-electron chi connectivity index (χ0n) is 8.16. The second kappa shape index (κ2) is 3.65. The third kappa shape index (κ3) is 1.55. The maximum atomic E-state index is 11.4. The van der Waals surface area contributed by atoms with Crippen LogP contribution in [0.4, 0.5) is 11.5 Å². The number of anilines is 2. The molecule has 2 rings (SSSR count). The first-order valence-electron chi connectivity index (χ1n) is 4.76. The highest BCUT2D eigenvalue weighted by atomic mass is 16.2. The van der Waals surface area contributed by atoms with E-state index >= 15 is 0 Å².